The molecule has 1 aliphatic heterocycles. The Hall–Kier alpha value is -2.92. The first kappa shape index (κ1) is 20.4. The summed E-state index contributed by atoms with van der Waals surface area (Å²) in [7, 11) is 0. The molecule has 1 atom stereocenters. The van der Waals surface area contributed by atoms with Gasteiger partial charge in [0.1, 0.15) is 24.1 Å². The number of nitrogens with zero attached hydrogens (tertiary/aromatic N) is 4. The molecule has 12 heteroatoms. The highest BCUT2D eigenvalue weighted by atomic mass is 35.5. The number of carbonyl (C=O) groups is 1. The lowest BCUT2D eigenvalue weighted by molar-refractivity contribution is -0.139. The number of hydrogen-bond acceptors (Lipinski definition) is 6. The molecule has 3 N–H and O–H groups in total. The third kappa shape index (κ3) is 4.31. The summed E-state index contributed by atoms with van der Waals surface area (Å²) in [6, 6.07) is 2.53. The lowest BCUT2D eigenvalue weighted by Gasteiger charge is -2.36. The van der Waals surface area contributed by atoms with Crippen molar-refractivity contribution >= 4 is 34.4 Å². The topological polar surface area (TPSA) is 98.8 Å². The molecule has 1 amide bonds. The molecule has 3 aromatic heterocycles. The number of aromatic amines is 1. The number of fused-ring (bicyclic) bond motifs is 1. The van der Waals surface area contributed by atoms with Crippen molar-refractivity contribution in [2.45, 2.75) is 12.2 Å². The maximum Gasteiger partial charge on any atom is 0.405 e. The number of carbonyl (C=O) groups excluding carboxylic acids is 1. The van der Waals surface area contributed by atoms with Crippen molar-refractivity contribution in [3.8, 4) is 11.4 Å². The quantitative estimate of drug-likeness (QED) is 0.576. The van der Waals surface area contributed by atoms with Crippen LogP contribution in [0, 0.1) is 0 Å². The van der Waals surface area contributed by atoms with E-state index in [1.165, 1.54) is 6.20 Å². The van der Waals surface area contributed by atoms with Crippen molar-refractivity contribution in [1.29, 1.82) is 0 Å². The zero-order valence-electron chi connectivity index (χ0n) is 15.5. The summed E-state index contributed by atoms with van der Waals surface area (Å²) >= 11 is 6.05. The van der Waals surface area contributed by atoms with Gasteiger partial charge >= 0.3 is 6.18 Å². The van der Waals surface area contributed by atoms with Crippen LogP contribution in [0.1, 0.15) is 0 Å². The number of anilines is 1. The van der Waals surface area contributed by atoms with Crippen LogP contribution in [0.4, 0.5) is 19.0 Å². The van der Waals surface area contributed by atoms with Gasteiger partial charge < -0.3 is 20.5 Å². The second kappa shape index (κ2) is 8.07. The van der Waals surface area contributed by atoms with Crippen molar-refractivity contribution in [3.63, 3.8) is 0 Å². The Balaban J connectivity index is 1.63. The van der Waals surface area contributed by atoms with E-state index in [0.717, 1.165) is 5.39 Å². The van der Waals surface area contributed by atoms with Crippen molar-refractivity contribution in [1.82, 2.24) is 30.6 Å². The van der Waals surface area contributed by atoms with Crippen LogP contribution in [0.5, 0.6) is 0 Å². The molecule has 8 nitrogen and oxygen atoms in total. The third-order valence-electron chi connectivity index (χ3n) is 4.68. The summed E-state index contributed by atoms with van der Waals surface area (Å²) in [6.07, 6.45) is 0.293. The van der Waals surface area contributed by atoms with Gasteiger partial charge in [-0.3, -0.25) is 4.79 Å². The molecule has 1 aliphatic rings. The molecule has 1 saturated heterocycles. The fraction of sp³-hybridized carbons (Fsp3) is 0.333. The van der Waals surface area contributed by atoms with Crippen LogP contribution in [0.25, 0.3) is 22.4 Å². The number of rotatable bonds is 4. The van der Waals surface area contributed by atoms with Gasteiger partial charge in [0.05, 0.1) is 5.02 Å². The maximum absolute atomic E-state index is 12.5. The van der Waals surface area contributed by atoms with E-state index < -0.39 is 24.7 Å². The minimum absolute atomic E-state index is 0.204. The highest BCUT2D eigenvalue weighted by molar-refractivity contribution is 6.31. The predicted octanol–water partition coefficient (Wildman–Crippen LogP) is 2.13. The molecular formula is C18H17ClF3N7O. The zero-order chi connectivity index (χ0) is 21.3. The summed E-state index contributed by atoms with van der Waals surface area (Å²) in [5.41, 5.74) is 1.30. The number of hydrogen-bond donors (Lipinski definition) is 3. The van der Waals surface area contributed by atoms with Crippen LogP contribution in [-0.2, 0) is 4.79 Å². The van der Waals surface area contributed by atoms with Gasteiger partial charge in [0, 0.05) is 49.2 Å². The Morgan fingerprint density at radius 1 is 1.37 bits per heavy atom. The minimum atomic E-state index is -4.48. The van der Waals surface area contributed by atoms with Gasteiger partial charge in [-0.25, -0.2) is 15.0 Å². The molecule has 0 aromatic carbocycles. The summed E-state index contributed by atoms with van der Waals surface area (Å²) in [4.78, 5) is 30.2. The minimum Gasteiger partial charge on any atom is -0.345 e. The molecule has 0 spiro atoms. The standard InChI is InChI=1S/C18H17ClF3N7O/c19-10-5-11-12(7-26-15(11)25-6-10)16-24-2-1-14(28-16)29-4-3-23-8-13(29)17(30)27-9-18(20,21)22/h1-2,5-7,13,23H,3-4,8-9H2,(H,25,26)(H,27,30). The lowest BCUT2D eigenvalue weighted by atomic mass is 10.1. The molecule has 158 valence electrons. The van der Waals surface area contributed by atoms with Crippen molar-refractivity contribution < 1.29 is 18.0 Å². The molecule has 0 bridgehead atoms. The molecule has 3 aromatic rings. The average molecular weight is 440 g/mol. The van der Waals surface area contributed by atoms with E-state index in [0.29, 0.717) is 41.0 Å². The Labute approximate surface area is 173 Å². The van der Waals surface area contributed by atoms with E-state index in [2.05, 4.69) is 25.3 Å². The first-order valence-electron chi connectivity index (χ1n) is 9.10. The van der Waals surface area contributed by atoms with Gasteiger partial charge in [0.2, 0.25) is 5.91 Å². The van der Waals surface area contributed by atoms with E-state index in [-0.39, 0.29) is 6.54 Å². The predicted molar refractivity (Wildman–Crippen MR) is 105 cm³/mol. The molecule has 4 rings (SSSR count). The van der Waals surface area contributed by atoms with E-state index >= 15 is 0 Å². The molecule has 0 aliphatic carbocycles. The van der Waals surface area contributed by atoms with Gasteiger partial charge in [-0.2, -0.15) is 13.2 Å². The van der Waals surface area contributed by atoms with Crippen molar-refractivity contribution in [2.24, 2.45) is 0 Å². The third-order valence-corrected chi connectivity index (χ3v) is 4.89. The number of nitrogens with one attached hydrogen (secondary N) is 3. The monoisotopic (exact) mass is 439 g/mol. The number of alkyl halides is 3. The lowest BCUT2D eigenvalue weighted by Crippen LogP contribution is -2.59. The van der Waals surface area contributed by atoms with Gasteiger partial charge in [-0.15, -0.1) is 0 Å². The van der Waals surface area contributed by atoms with Gasteiger partial charge in [-0.1, -0.05) is 11.6 Å². The van der Waals surface area contributed by atoms with Crippen LogP contribution in [0.15, 0.2) is 30.7 Å². The summed E-state index contributed by atoms with van der Waals surface area (Å²) in [5.74, 6) is 0.108. The van der Waals surface area contributed by atoms with Crippen LogP contribution in [0.3, 0.4) is 0 Å². The van der Waals surface area contributed by atoms with Crippen LogP contribution < -0.4 is 15.5 Å². The Morgan fingerprint density at radius 3 is 3.00 bits per heavy atom. The molecule has 0 radical (unpaired) electrons. The first-order valence-corrected chi connectivity index (χ1v) is 9.47. The van der Waals surface area contributed by atoms with Crippen LogP contribution in [0.2, 0.25) is 5.02 Å². The van der Waals surface area contributed by atoms with E-state index in [1.54, 1.807) is 29.4 Å². The molecular weight excluding hydrogens is 423 g/mol. The molecule has 0 saturated carbocycles. The number of halogens is 4. The zero-order valence-corrected chi connectivity index (χ0v) is 16.3. The molecule has 1 fully saturated rings. The van der Waals surface area contributed by atoms with E-state index in [1.807, 2.05) is 5.32 Å². The SMILES string of the molecule is O=C(NCC(F)(F)F)C1CNCCN1c1ccnc(-c2c[nH]c3ncc(Cl)cc23)n1. The van der Waals surface area contributed by atoms with Gasteiger partial charge in [0.15, 0.2) is 5.82 Å². The molecule has 30 heavy (non-hydrogen) atoms. The highest BCUT2D eigenvalue weighted by Gasteiger charge is 2.33. The number of pyridine rings is 1. The number of H-pyrrole nitrogens is 1. The first-order chi connectivity index (χ1) is 14.3. The van der Waals surface area contributed by atoms with Gasteiger partial charge in [-0.05, 0) is 12.1 Å². The summed E-state index contributed by atoms with van der Waals surface area (Å²) < 4.78 is 37.5. The molecule has 1 unspecified atom stereocenters. The fourth-order valence-electron chi connectivity index (χ4n) is 3.32. The van der Waals surface area contributed by atoms with Crippen molar-refractivity contribution in [3.05, 3.63) is 35.7 Å². The molecule has 4 heterocycles. The number of amides is 1. The van der Waals surface area contributed by atoms with Crippen molar-refractivity contribution in [2.75, 3.05) is 31.1 Å². The van der Waals surface area contributed by atoms with Crippen LogP contribution >= 0.6 is 11.6 Å². The summed E-state index contributed by atoms with van der Waals surface area (Å²) in [5, 5.41) is 6.17. The van der Waals surface area contributed by atoms with Crippen LogP contribution in [-0.4, -0.2) is 64.2 Å². The summed E-state index contributed by atoms with van der Waals surface area (Å²) in [6.45, 7) is -0.208. The maximum atomic E-state index is 12.5. The Bertz CT molecular complexity index is 1070. The fourth-order valence-corrected chi connectivity index (χ4v) is 3.48. The Morgan fingerprint density at radius 2 is 2.20 bits per heavy atom. The Kier molecular flexibility index (Phi) is 5.48. The number of aromatic nitrogens is 4. The highest BCUT2D eigenvalue weighted by Crippen LogP contribution is 2.28. The van der Waals surface area contributed by atoms with Gasteiger partial charge in [0.25, 0.3) is 0 Å². The second-order valence-electron chi connectivity index (χ2n) is 6.74. The average Bonchev–Trinajstić information content (AvgIpc) is 3.14. The second-order valence-corrected chi connectivity index (χ2v) is 7.17. The smallest absolute Gasteiger partial charge is 0.345 e. The normalized spacial score (nSPS) is 17.3. The number of piperazine rings is 1. The van der Waals surface area contributed by atoms with E-state index in [9.17, 15) is 18.0 Å². The largest absolute Gasteiger partial charge is 0.405 e. The van der Waals surface area contributed by atoms with E-state index in [4.69, 9.17) is 11.6 Å².